The van der Waals surface area contributed by atoms with Crippen molar-refractivity contribution in [2.75, 3.05) is 0 Å². The number of nitrogens with zero attached hydrogens (tertiary/aromatic N) is 2. The molecule has 0 unspecified atom stereocenters. The molecule has 1 heterocycles. The average molecular weight is 493 g/mol. The molecule has 0 aliphatic heterocycles. The summed E-state index contributed by atoms with van der Waals surface area (Å²) >= 11 is 3.52. The summed E-state index contributed by atoms with van der Waals surface area (Å²) in [4.78, 5) is 0. The summed E-state index contributed by atoms with van der Waals surface area (Å²) < 4.78 is 68.2. The van der Waals surface area contributed by atoms with Crippen LogP contribution in [0.3, 0.4) is 0 Å². The molecule has 8 heteroatoms. The highest BCUT2D eigenvalue weighted by Crippen LogP contribution is 2.37. The van der Waals surface area contributed by atoms with Crippen LogP contribution in [-0.2, 0) is 12.7 Å². The zero-order valence-corrected chi connectivity index (χ0v) is 17.4. The third-order valence-corrected chi connectivity index (χ3v) is 5.47. The van der Waals surface area contributed by atoms with E-state index in [1.54, 1.807) is 35.0 Å². The molecular formula is C23H14BrF5N2. The molecule has 4 aromatic rings. The molecule has 31 heavy (non-hydrogen) atoms. The summed E-state index contributed by atoms with van der Waals surface area (Å²) in [5.74, 6) is -0.815. The lowest BCUT2D eigenvalue weighted by Gasteiger charge is -2.11. The van der Waals surface area contributed by atoms with E-state index in [4.69, 9.17) is 0 Å². The zero-order chi connectivity index (χ0) is 22.2. The van der Waals surface area contributed by atoms with Gasteiger partial charge in [0.2, 0.25) is 0 Å². The third-order valence-electron chi connectivity index (χ3n) is 4.72. The van der Waals surface area contributed by atoms with Crippen LogP contribution in [0, 0.1) is 11.6 Å². The molecule has 2 nitrogen and oxygen atoms in total. The number of alkyl halides is 3. The zero-order valence-electron chi connectivity index (χ0n) is 15.8. The van der Waals surface area contributed by atoms with Gasteiger partial charge in [0.25, 0.3) is 0 Å². The summed E-state index contributed by atoms with van der Waals surface area (Å²) in [5, 5.41) is 4.57. The van der Waals surface area contributed by atoms with E-state index in [0.717, 1.165) is 12.1 Å². The lowest BCUT2D eigenvalue weighted by molar-refractivity contribution is -0.137. The average Bonchev–Trinajstić information content (AvgIpc) is 3.05. The van der Waals surface area contributed by atoms with E-state index < -0.39 is 23.4 Å². The monoisotopic (exact) mass is 492 g/mol. The summed E-state index contributed by atoms with van der Waals surface area (Å²) in [5.41, 5.74) is 1.96. The van der Waals surface area contributed by atoms with E-state index in [1.165, 1.54) is 30.3 Å². The topological polar surface area (TPSA) is 17.8 Å². The van der Waals surface area contributed by atoms with Crippen molar-refractivity contribution < 1.29 is 22.0 Å². The normalized spacial score (nSPS) is 11.7. The minimum atomic E-state index is -4.46. The highest BCUT2D eigenvalue weighted by Gasteiger charge is 2.30. The Labute approximate surface area is 183 Å². The van der Waals surface area contributed by atoms with E-state index in [1.807, 2.05) is 0 Å². The molecule has 0 atom stereocenters. The first-order valence-electron chi connectivity index (χ1n) is 9.16. The number of rotatable bonds is 4. The fraction of sp³-hybridized carbons (Fsp3) is 0.0870. The van der Waals surface area contributed by atoms with Gasteiger partial charge in [0.1, 0.15) is 17.3 Å². The minimum absolute atomic E-state index is 0.0520. The molecule has 1 aromatic heterocycles. The lowest BCUT2D eigenvalue weighted by atomic mass is 10.1. The molecule has 4 rings (SSSR count). The van der Waals surface area contributed by atoms with Gasteiger partial charge in [-0.05, 0) is 82.2 Å². The van der Waals surface area contributed by atoms with Crippen molar-refractivity contribution >= 4 is 15.9 Å². The van der Waals surface area contributed by atoms with Gasteiger partial charge in [-0.1, -0.05) is 12.1 Å². The van der Waals surface area contributed by atoms with E-state index in [9.17, 15) is 22.0 Å². The van der Waals surface area contributed by atoms with Crippen LogP contribution in [0.5, 0.6) is 0 Å². The SMILES string of the molecule is Fc1ccc(-c2nn(Cc3cccc(C(F)(F)F)c3)c(-c3ccc(F)cc3)c2Br)cc1. The van der Waals surface area contributed by atoms with Crippen LogP contribution < -0.4 is 0 Å². The molecule has 0 amide bonds. The van der Waals surface area contributed by atoms with E-state index in [2.05, 4.69) is 21.0 Å². The predicted octanol–water partition coefficient (Wildman–Crippen LogP) is 7.32. The molecular weight excluding hydrogens is 479 g/mol. The summed E-state index contributed by atoms with van der Waals surface area (Å²) in [6, 6.07) is 16.4. The maximum Gasteiger partial charge on any atom is 0.416 e. The Bertz CT molecular complexity index is 1210. The third kappa shape index (κ3) is 4.54. The molecule has 0 bridgehead atoms. The molecule has 3 aromatic carbocycles. The van der Waals surface area contributed by atoms with Gasteiger partial charge in [0.15, 0.2) is 0 Å². The van der Waals surface area contributed by atoms with Gasteiger partial charge in [-0.15, -0.1) is 0 Å². The Kier molecular flexibility index (Phi) is 5.66. The number of aromatic nitrogens is 2. The summed E-state index contributed by atoms with van der Waals surface area (Å²) in [6.45, 7) is 0.0520. The number of hydrogen-bond acceptors (Lipinski definition) is 1. The quantitative estimate of drug-likeness (QED) is 0.273. The second kappa shape index (κ2) is 8.26. The fourth-order valence-corrected chi connectivity index (χ4v) is 3.99. The first-order valence-corrected chi connectivity index (χ1v) is 9.96. The summed E-state index contributed by atoms with van der Waals surface area (Å²) in [6.07, 6.45) is -4.46. The fourth-order valence-electron chi connectivity index (χ4n) is 3.25. The highest BCUT2D eigenvalue weighted by molar-refractivity contribution is 9.10. The van der Waals surface area contributed by atoms with Crippen molar-refractivity contribution in [3.05, 3.63) is 100 Å². The summed E-state index contributed by atoms with van der Waals surface area (Å²) in [7, 11) is 0. The molecule has 0 radical (unpaired) electrons. The van der Waals surface area contributed by atoms with Gasteiger partial charge in [-0.25, -0.2) is 8.78 Å². The lowest BCUT2D eigenvalue weighted by Crippen LogP contribution is -2.08. The molecule has 0 spiro atoms. The van der Waals surface area contributed by atoms with E-state index in [0.29, 0.717) is 32.6 Å². The smallest absolute Gasteiger partial charge is 0.259 e. The minimum Gasteiger partial charge on any atom is -0.259 e. The second-order valence-electron chi connectivity index (χ2n) is 6.88. The Balaban J connectivity index is 1.83. The van der Waals surface area contributed by atoms with Crippen molar-refractivity contribution in [3.63, 3.8) is 0 Å². The van der Waals surface area contributed by atoms with Crippen LogP contribution >= 0.6 is 15.9 Å². The maximum atomic E-state index is 13.4. The van der Waals surface area contributed by atoms with Crippen LogP contribution in [0.25, 0.3) is 22.5 Å². The van der Waals surface area contributed by atoms with Crippen LogP contribution in [0.4, 0.5) is 22.0 Å². The first-order chi connectivity index (χ1) is 14.7. The molecule has 0 fully saturated rings. The molecule has 0 aliphatic carbocycles. The first kappa shape index (κ1) is 21.2. The van der Waals surface area contributed by atoms with Gasteiger partial charge in [-0.3, -0.25) is 4.68 Å². The Hall–Kier alpha value is -3.00. The molecule has 0 aliphatic rings. The maximum absolute atomic E-state index is 13.4. The predicted molar refractivity (Wildman–Crippen MR) is 111 cm³/mol. The van der Waals surface area contributed by atoms with Crippen LogP contribution in [0.1, 0.15) is 11.1 Å². The molecule has 0 N–H and O–H groups in total. The van der Waals surface area contributed by atoms with Gasteiger partial charge in [0, 0.05) is 11.1 Å². The number of hydrogen-bond donors (Lipinski definition) is 0. The van der Waals surface area contributed by atoms with E-state index >= 15 is 0 Å². The van der Waals surface area contributed by atoms with Crippen molar-refractivity contribution in [2.45, 2.75) is 12.7 Å². The van der Waals surface area contributed by atoms with Crippen LogP contribution in [0.15, 0.2) is 77.3 Å². The Morgan fingerprint density at radius 3 is 1.97 bits per heavy atom. The van der Waals surface area contributed by atoms with Gasteiger partial charge in [0.05, 0.1) is 22.3 Å². The van der Waals surface area contributed by atoms with Crippen molar-refractivity contribution in [1.82, 2.24) is 9.78 Å². The standard InChI is InChI=1S/C23H14BrF5N2/c24-20-21(15-4-8-18(25)9-5-15)30-31(22(20)16-6-10-19(26)11-7-16)13-14-2-1-3-17(12-14)23(27,28)29/h1-12H,13H2. The Morgan fingerprint density at radius 1 is 0.806 bits per heavy atom. The van der Waals surface area contributed by atoms with Crippen LogP contribution in [-0.4, -0.2) is 9.78 Å². The van der Waals surface area contributed by atoms with Crippen LogP contribution in [0.2, 0.25) is 0 Å². The van der Waals surface area contributed by atoms with Gasteiger partial charge in [-0.2, -0.15) is 18.3 Å². The number of halogens is 6. The van der Waals surface area contributed by atoms with Gasteiger partial charge >= 0.3 is 6.18 Å². The Morgan fingerprint density at radius 2 is 1.39 bits per heavy atom. The van der Waals surface area contributed by atoms with E-state index in [-0.39, 0.29) is 6.54 Å². The largest absolute Gasteiger partial charge is 0.416 e. The van der Waals surface area contributed by atoms with Crippen molar-refractivity contribution in [1.29, 1.82) is 0 Å². The highest BCUT2D eigenvalue weighted by atomic mass is 79.9. The van der Waals surface area contributed by atoms with Crippen molar-refractivity contribution in [2.24, 2.45) is 0 Å². The second-order valence-corrected chi connectivity index (χ2v) is 7.67. The molecule has 0 saturated heterocycles. The number of benzene rings is 3. The molecule has 0 saturated carbocycles. The van der Waals surface area contributed by atoms with Crippen molar-refractivity contribution in [3.8, 4) is 22.5 Å². The molecule has 158 valence electrons. The van der Waals surface area contributed by atoms with Gasteiger partial charge < -0.3 is 0 Å².